The van der Waals surface area contributed by atoms with Gasteiger partial charge in [-0.05, 0) is 56.4 Å². The van der Waals surface area contributed by atoms with Crippen LogP contribution in [-0.4, -0.2) is 84.1 Å². The van der Waals surface area contributed by atoms with Crippen LogP contribution in [0.15, 0.2) is 77.8 Å². The maximum absolute atomic E-state index is 14.9. The van der Waals surface area contributed by atoms with Crippen molar-refractivity contribution in [3.63, 3.8) is 0 Å². The van der Waals surface area contributed by atoms with E-state index in [9.17, 15) is 23.0 Å². The lowest BCUT2D eigenvalue weighted by Gasteiger charge is -2.35. The summed E-state index contributed by atoms with van der Waals surface area (Å²) in [6.45, 7) is 5.53. The summed E-state index contributed by atoms with van der Waals surface area (Å²) in [5.74, 6) is -0.381. The molecule has 0 bridgehead atoms. The topological polar surface area (TPSA) is 121 Å². The highest BCUT2D eigenvalue weighted by Gasteiger charge is 2.26. The molecule has 0 saturated carbocycles. The second kappa shape index (κ2) is 12.5. The third-order valence-electron chi connectivity index (χ3n) is 7.97. The molecular weight excluding hydrogens is 597 g/mol. The van der Waals surface area contributed by atoms with Gasteiger partial charge < -0.3 is 24.7 Å². The minimum absolute atomic E-state index is 0.0197. The standard InChI is InChI=1S/C33H34FN5O5S/c1-22-7-10-24(11-8-22)45(42,43)39-29-21-35-27(32-26(34)5-3-6-30(32)41)20-25(29)33(36-39)23-9-12-28(31(19-23)44-18-4-17-40)38-15-13-37(2)14-16-38/h3,5-12,19-21,40-41H,4,13-18H2,1-2H3. The van der Waals surface area contributed by atoms with E-state index in [0.29, 0.717) is 28.8 Å². The number of phenolic OH excluding ortho intramolecular Hbond substituents is 1. The number of halogens is 1. The fourth-order valence-corrected chi connectivity index (χ4v) is 6.70. The van der Waals surface area contributed by atoms with Gasteiger partial charge in [0.2, 0.25) is 0 Å². The van der Waals surface area contributed by atoms with Crippen molar-refractivity contribution in [2.45, 2.75) is 18.2 Å². The molecule has 10 nitrogen and oxygen atoms in total. The van der Waals surface area contributed by atoms with Gasteiger partial charge >= 0.3 is 0 Å². The second-order valence-electron chi connectivity index (χ2n) is 11.1. The quantitative estimate of drug-likeness (QED) is 0.224. The highest BCUT2D eigenvalue weighted by molar-refractivity contribution is 7.90. The van der Waals surface area contributed by atoms with Crippen LogP contribution < -0.4 is 9.64 Å². The van der Waals surface area contributed by atoms with Crippen LogP contribution in [0.4, 0.5) is 10.1 Å². The van der Waals surface area contributed by atoms with Gasteiger partial charge in [0, 0.05) is 50.2 Å². The van der Waals surface area contributed by atoms with E-state index in [1.54, 1.807) is 12.1 Å². The maximum Gasteiger partial charge on any atom is 0.283 e. The van der Waals surface area contributed by atoms with Gasteiger partial charge in [-0.15, -0.1) is 0 Å². The molecular formula is C33H34FN5O5S. The number of phenols is 1. The molecule has 5 aromatic rings. The molecule has 3 aromatic carbocycles. The molecule has 0 radical (unpaired) electrons. The molecule has 0 aliphatic carbocycles. The van der Waals surface area contributed by atoms with E-state index < -0.39 is 15.8 Å². The van der Waals surface area contributed by atoms with E-state index in [2.05, 4.69) is 26.9 Å². The number of hydrogen-bond donors (Lipinski definition) is 2. The summed E-state index contributed by atoms with van der Waals surface area (Å²) in [4.78, 5) is 8.90. The van der Waals surface area contributed by atoms with E-state index >= 15 is 0 Å². The Balaban J connectivity index is 1.54. The number of aryl methyl sites for hydroxylation is 1. The Morgan fingerprint density at radius 3 is 2.47 bits per heavy atom. The molecule has 45 heavy (non-hydrogen) atoms. The molecule has 1 fully saturated rings. The fraction of sp³-hybridized carbons (Fsp3) is 0.273. The molecule has 1 aliphatic heterocycles. The monoisotopic (exact) mass is 631 g/mol. The number of anilines is 1. The molecule has 1 aliphatic rings. The number of aromatic hydroxyl groups is 1. The van der Waals surface area contributed by atoms with E-state index in [4.69, 9.17) is 4.74 Å². The highest BCUT2D eigenvalue weighted by atomic mass is 32.2. The van der Waals surface area contributed by atoms with Gasteiger partial charge in [0.05, 0.1) is 34.6 Å². The molecule has 12 heteroatoms. The summed E-state index contributed by atoms with van der Waals surface area (Å²) in [5, 5.41) is 24.9. The van der Waals surface area contributed by atoms with Crippen LogP contribution in [0.5, 0.6) is 11.5 Å². The third-order valence-corrected chi connectivity index (χ3v) is 9.57. The third kappa shape index (κ3) is 5.96. The van der Waals surface area contributed by atoms with Gasteiger partial charge in [-0.2, -0.15) is 17.6 Å². The number of benzene rings is 3. The van der Waals surface area contributed by atoms with Crippen molar-refractivity contribution in [1.29, 1.82) is 0 Å². The van der Waals surface area contributed by atoms with Gasteiger partial charge in [0.25, 0.3) is 10.0 Å². The van der Waals surface area contributed by atoms with Crippen molar-refractivity contribution < 1.29 is 27.8 Å². The molecule has 234 valence electrons. The van der Waals surface area contributed by atoms with Crippen molar-refractivity contribution in [1.82, 2.24) is 19.1 Å². The fourth-order valence-electron chi connectivity index (χ4n) is 5.43. The molecule has 6 rings (SSSR count). The van der Waals surface area contributed by atoms with Crippen molar-refractivity contribution in [3.8, 4) is 34.0 Å². The molecule has 0 atom stereocenters. The number of pyridine rings is 1. The Morgan fingerprint density at radius 1 is 1.00 bits per heavy atom. The number of likely N-dealkylation sites (N-methyl/N-ethyl adjacent to an activating group) is 1. The summed E-state index contributed by atoms with van der Waals surface area (Å²) in [7, 11) is -2.07. The van der Waals surface area contributed by atoms with Gasteiger partial charge in [0.15, 0.2) is 0 Å². The van der Waals surface area contributed by atoms with Crippen LogP contribution >= 0.6 is 0 Å². The summed E-state index contributed by atoms with van der Waals surface area (Å²) < 4.78 is 49.8. The van der Waals surface area contributed by atoms with Crippen LogP contribution in [-0.2, 0) is 10.0 Å². The van der Waals surface area contributed by atoms with E-state index in [1.807, 2.05) is 25.1 Å². The number of piperazine rings is 1. The minimum Gasteiger partial charge on any atom is -0.507 e. The molecule has 2 N–H and O–H groups in total. The van der Waals surface area contributed by atoms with Crippen molar-refractivity contribution in [2.75, 3.05) is 51.3 Å². The number of ether oxygens (including phenoxy) is 1. The first kappa shape index (κ1) is 30.5. The zero-order valence-electron chi connectivity index (χ0n) is 25.0. The molecule has 0 unspecified atom stereocenters. The first-order chi connectivity index (χ1) is 21.7. The number of aliphatic hydroxyl groups excluding tert-OH is 1. The Morgan fingerprint density at radius 2 is 1.76 bits per heavy atom. The first-order valence-electron chi connectivity index (χ1n) is 14.7. The average molecular weight is 632 g/mol. The van der Waals surface area contributed by atoms with E-state index in [0.717, 1.165) is 41.5 Å². The molecule has 3 heterocycles. The molecule has 0 spiro atoms. The Kier molecular flexibility index (Phi) is 8.45. The molecule has 0 amide bonds. The average Bonchev–Trinajstić information content (AvgIpc) is 3.42. The van der Waals surface area contributed by atoms with Crippen LogP contribution in [0.3, 0.4) is 0 Å². The molecule has 2 aromatic heterocycles. The minimum atomic E-state index is -4.15. The van der Waals surface area contributed by atoms with Gasteiger partial charge in [0.1, 0.15) is 28.5 Å². The number of aliphatic hydroxyl groups is 1. The largest absolute Gasteiger partial charge is 0.507 e. The van der Waals surface area contributed by atoms with Crippen LogP contribution in [0.25, 0.3) is 33.4 Å². The van der Waals surface area contributed by atoms with Crippen molar-refractivity contribution >= 4 is 26.6 Å². The van der Waals surface area contributed by atoms with Crippen molar-refractivity contribution in [3.05, 3.63) is 84.3 Å². The number of rotatable bonds is 9. The lowest BCUT2D eigenvalue weighted by atomic mass is 10.0. The lowest BCUT2D eigenvalue weighted by molar-refractivity contribution is 0.233. The summed E-state index contributed by atoms with van der Waals surface area (Å²) in [5.41, 5.74) is 2.90. The van der Waals surface area contributed by atoms with Gasteiger partial charge in [-0.1, -0.05) is 29.8 Å². The van der Waals surface area contributed by atoms with Gasteiger partial charge in [-0.3, -0.25) is 4.98 Å². The number of nitrogens with zero attached hydrogens (tertiary/aromatic N) is 5. The summed E-state index contributed by atoms with van der Waals surface area (Å²) >= 11 is 0. The predicted octanol–water partition coefficient (Wildman–Crippen LogP) is 4.67. The maximum atomic E-state index is 14.9. The Labute approximate surface area is 261 Å². The normalized spacial score (nSPS) is 14.3. The van der Waals surface area contributed by atoms with E-state index in [1.165, 1.54) is 42.6 Å². The predicted molar refractivity (Wildman–Crippen MR) is 171 cm³/mol. The zero-order chi connectivity index (χ0) is 31.7. The number of fused-ring (bicyclic) bond motifs is 1. The first-order valence-corrected chi connectivity index (χ1v) is 16.1. The zero-order valence-corrected chi connectivity index (χ0v) is 25.8. The van der Waals surface area contributed by atoms with Crippen LogP contribution in [0.1, 0.15) is 12.0 Å². The summed E-state index contributed by atoms with van der Waals surface area (Å²) in [6, 6.07) is 17.6. The smallest absolute Gasteiger partial charge is 0.283 e. The van der Waals surface area contributed by atoms with Gasteiger partial charge in [-0.25, -0.2) is 4.39 Å². The highest BCUT2D eigenvalue weighted by Crippen LogP contribution is 2.39. The lowest BCUT2D eigenvalue weighted by Crippen LogP contribution is -2.44. The van der Waals surface area contributed by atoms with E-state index in [-0.39, 0.29) is 40.6 Å². The Hall–Kier alpha value is -4.52. The van der Waals surface area contributed by atoms with Crippen molar-refractivity contribution in [2.24, 2.45) is 0 Å². The number of aromatic nitrogens is 3. The summed E-state index contributed by atoms with van der Waals surface area (Å²) in [6.07, 6.45) is 1.77. The SMILES string of the molecule is Cc1ccc(S(=O)(=O)n2nc(-c3ccc(N4CCN(C)CC4)c(OCCCO)c3)c3cc(-c4c(O)cccc4F)ncc32)cc1. The Bertz CT molecular complexity index is 1930. The second-order valence-corrected chi connectivity index (χ2v) is 12.9. The van der Waals surface area contributed by atoms with Crippen LogP contribution in [0, 0.1) is 12.7 Å². The van der Waals surface area contributed by atoms with Crippen LogP contribution in [0.2, 0.25) is 0 Å². The number of hydrogen-bond acceptors (Lipinski definition) is 9. The molecule has 1 saturated heterocycles.